The van der Waals surface area contributed by atoms with Crippen LogP contribution in [-0.4, -0.2) is 31.4 Å². The standard InChI is InChI=1S/C13H12FNOS.C5H9N.C2H6/c1-16-10-4-5-12(15-8-10)9-3-6-13(17-2)11(14)7-9;1-4-2-6-3-5(1)4;1-2/h3-8H,1-2H3;4-6H,1-3H2;1-2H3. The number of nitrogens with one attached hydrogen (secondary N) is 1. The Morgan fingerprint density at radius 1 is 1.16 bits per heavy atom. The molecule has 1 aliphatic heterocycles. The first-order valence-electron chi connectivity index (χ1n) is 8.76. The highest BCUT2D eigenvalue weighted by Gasteiger charge is 2.40. The van der Waals surface area contributed by atoms with Gasteiger partial charge in [0.2, 0.25) is 0 Å². The molecule has 5 heteroatoms. The van der Waals surface area contributed by atoms with Gasteiger partial charge in [-0.25, -0.2) is 4.39 Å². The lowest BCUT2D eigenvalue weighted by molar-refractivity contribution is 0.413. The molecule has 0 spiro atoms. The molecule has 1 saturated carbocycles. The molecule has 1 saturated heterocycles. The van der Waals surface area contributed by atoms with Crippen molar-refractivity contribution in [3.05, 3.63) is 42.3 Å². The van der Waals surface area contributed by atoms with E-state index in [0.29, 0.717) is 10.6 Å². The normalized spacial score (nSPS) is 19.7. The van der Waals surface area contributed by atoms with Gasteiger partial charge in [-0.05, 0) is 61.9 Å². The minimum atomic E-state index is -0.215. The maximum atomic E-state index is 13.6. The van der Waals surface area contributed by atoms with E-state index in [1.807, 2.05) is 38.3 Å². The van der Waals surface area contributed by atoms with Gasteiger partial charge in [0, 0.05) is 10.5 Å². The van der Waals surface area contributed by atoms with Crippen LogP contribution < -0.4 is 10.1 Å². The topological polar surface area (TPSA) is 34.1 Å². The number of ether oxygens (including phenoxy) is 1. The zero-order valence-electron chi connectivity index (χ0n) is 15.4. The predicted octanol–water partition coefficient (Wildman–Crippen LogP) is 4.87. The molecule has 0 bridgehead atoms. The number of hydrogen-bond acceptors (Lipinski definition) is 4. The summed E-state index contributed by atoms with van der Waals surface area (Å²) in [6.45, 7) is 6.62. The van der Waals surface area contributed by atoms with Crippen molar-refractivity contribution in [1.82, 2.24) is 10.3 Å². The van der Waals surface area contributed by atoms with Gasteiger partial charge in [-0.3, -0.25) is 4.98 Å². The van der Waals surface area contributed by atoms with Gasteiger partial charge in [0.05, 0.1) is 19.0 Å². The second-order valence-electron chi connectivity index (χ2n) is 5.85. The molecule has 2 heterocycles. The van der Waals surface area contributed by atoms with Crippen LogP contribution in [0.5, 0.6) is 5.75 Å². The molecule has 1 N–H and O–H groups in total. The summed E-state index contributed by atoms with van der Waals surface area (Å²) in [4.78, 5) is 4.86. The Kier molecular flexibility index (Phi) is 7.72. The van der Waals surface area contributed by atoms with Crippen molar-refractivity contribution in [2.75, 3.05) is 26.5 Å². The lowest BCUT2D eigenvalue weighted by Gasteiger charge is -2.05. The molecule has 136 valence electrons. The molecule has 1 aromatic carbocycles. The average molecular weight is 363 g/mol. The average Bonchev–Trinajstić information content (AvgIpc) is 3.28. The van der Waals surface area contributed by atoms with Crippen molar-refractivity contribution < 1.29 is 9.13 Å². The molecule has 2 fully saturated rings. The number of aromatic nitrogens is 1. The summed E-state index contributed by atoms with van der Waals surface area (Å²) in [6, 6.07) is 8.75. The number of pyridine rings is 1. The predicted molar refractivity (Wildman–Crippen MR) is 104 cm³/mol. The first kappa shape index (κ1) is 19.7. The van der Waals surface area contributed by atoms with Gasteiger partial charge < -0.3 is 10.1 Å². The van der Waals surface area contributed by atoms with Crippen molar-refractivity contribution in [1.29, 1.82) is 0 Å². The Labute approximate surface area is 154 Å². The van der Waals surface area contributed by atoms with E-state index >= 15 is 0 Å². The van der Waals surface area contributed by atoms with E-state index in [9.17, 15) is 4.39 Å². The molecule has 2 aliphatic rings. The largest absolute Gasteiger partial charge is 0.495 e. The van der Waals surface area contributed by atoms with Crippen molar-refractivity contribution >= 4 is 11.8 Å². The second-order valence-corrected chi connectivity index (χ2v) is 6.69. The van der Waals surface area contributed by atoms with E-state index in [-0.39, 0.29) is 5.82 Å². The molecule has 3 nitrogen and oxygen atoms in total. The van der Waals surface area contributed by atoms with Gasteiger partial charge in [0.15, 0.2) is 0 Å². The third-order valence-corrected chi connectivity index (χ3v) is 5.07. The van der Waals surface area contributed by atoms with Crippen LogP contribution in [0, 0.1) is 17.7 Å². The fraction of sp³-hybridized carbons (Fsp3) is 0.450. The minimum Gasteiger partial charge on any atom is -0.495 e. The maximum absolute atomic E-state index is 13.6. The zero-order valence-corrected chi connectivity index (χ0v) is 16.2. The van der Waals surface area contributed by atoms with Gasteiger partial charge in [-0.1, -0.05) is 19.9 Å². The number of methoxy groups -OCH3 is 1. The van der Waals surface area contributed by atoms with E-state index in [4.69, 9.17) is 4.74 Å². The Bertz CT molecular complexity index is 655. The van der Waals surface area contributed by atoms with Crippen molar-refractivity contribution in [3.8, 4) is 17.0 Å². The third kappa shape index (κ3) is 5.44. The van der Waals surface area contributed by atoms with Gasteiger partial charge in [0.25, 0.3) is 0 Å². The quantitative estimate of drug-likeness (QED) is 0.790. The van der Waals surface area contributed by atoms with E-state index in [2.05, 4.69) is 10.3 Å². The SMILES string of the molecule is C1NCC2CC12.CC.COc1ccc(-c2ccc(SC)c(F)c2)nc1. The number of thioether (sulfide) groups is 1. The lowest BCUT2D eigenvalue weighted by Crippen LogP contribution is -2.10. The number of piperidine rings is 1. The molecule has 2 unspecified atom stereocenters. The number of fused-ring (bicyclic) bond motifs is 1. The van der Waals surface area contributed by atoms with Crippen molar-refractivity contribution in [3.63, 3.8) is 0 Å². The van der Waals surface area contributed by atoms with Crippen LogP contribution in [0.25, 0.3) is 11.3 Å². The maximum Gasteiger partial charge on any atom is 0.137 e. The summed E-state index contributed by atoms with van der Waals surface area (Å²) >= 11 is 1.39. The molecule has 4 rings (SSSR count). The van der Waals surface area contributed by atoms with Gasteiger partial charge in [-0.15, -0.1) is 11.8 Å². The molecule has 1 aromatic heterocycles. The van der Waals surface area contributed by atoms with Crippen LogP contribution in [0.2, 0.25) is 0 Å². The fourth-order valence-corrected chi connectivity index (χ4v) is 3.22. The highest BCUT2D eigenvalue weighted by atomic mass is 32.2. The molecular formula is C20H27FN2OS. The highest BCUT2D eigenvalue weighted by molar-refractivity contribution is 7.98. The Morgan fingerprint density at radius 3 is 2.28 bits per heavy atom. The monoisotopic (exact) mass is 362 g/mol. The number of hydrogen-bond donors (Lipinski definition) is 1. The van der Waals surface area contributed by atoms with E-state index in [0.717, 1.165) is 23.1 Å². The first-order chi connectivity index (χ1) is 12.2. The molecule has 0 radical (unpaired) electrons. The van der Waals surface area contributed by atoms with E-state index in [1.54, 1.807) is 19.4 Å². The molecule has 0 amide bonds. The highest BCUT2D eigenvalue weighted by Crippen LogP contribution is 2.40. The number of benzene rings is 1. The number of nitrogens with zero attached hydrogens (tertiary/aromatic N) is 1. The van der Waals surface area contributed by atoms with Gasteiger partial charge in [-0.2, -0.15) is 0 Å². The smallest absolute Gasteiger partial charge is 0.137 e. The molecule has 2 aromatic rings. The Hall–Kier alpha value is -1.59. The van der Waals surface area contributed by atoms with Crippen LogP contribution >= 0.6 is 11.8 Å². The van der Waals surface area contributed by atoms with Gasteiger partial charge in [0.1, 0.15) is 11.6 Å². The van der Waals surface area contributed by atoms with Crippen LogP contribution in [0.4, 0.5) is 4.39 Å². The van der Waals surface area contributed by atoms with Crippen molar-refractivity contribution in [2.45, 2.75) is 25.2 Å². The summed E-state index contributed by atoms with van der Waals surface area (Å²) < 4.78 is 18.6. The van der Waals surface area contributed by atoms with E-state index < -0.39 is 0 Å². The van der Waals surface area contributed by atoms with Crippen LogP contribution in [-0.2, 0) is 0 Å². The summed E-state index contributed by atoms with van der Waals surface area (Å²) in [5.74, 6) is 2.68. The second kappa shape index (κ2) is 9.78. The summed E-state index contributed by atoms with van der Waals surface area (Å²) in [7, 11) is 1.59. The van der Waals surface area contributed by atoms with E-state index in [1.165, 1.54) is 37.3 Å². The summed E-state index contributed by atoms with van der Waals surface area (Å²) in [5.41, 5.74) is 1.50. The third-order valence-electron chi connectivity index (χ3n) is 4.30. The van der Waals surface area contributed by atoms with Gasteiger partial charge >= 0.3 is 0 Å². The molecular weight excluding hydrogens is 335 g/mol. The lowest BCUT2D eigenvalue weighted by atomic mass is 10.1. The molecule has 1 aliphatic carbocycles. The van der Waals surface area contributed by atoms with Crippen LogP contribution in [0.3, 0.4) is 0 Å². The summed E-state index contributed by atoms with van der Waals surface area (Å²) in [6.07, 6.45) is 4.99. The van der Waals surface area contributed by atoms with Crippen LogP contribution in [0.15, 0.2) is 41.4 Å². The fourth-order valence-electron chi connectivity index (χ4n) is 2.76. The molecule has 2 atom stereocenters. The Morgan fingerprint density at radius 2 is 1.88 bits per heavy atom. The summed E-state index contributed by atoms with van der Waals surface area (Å²) in [5, 5.41) is 3.32. The van der Waals surface area contributed by atoms with Crippen LogP contribution in [0.1, 0.15) is 20.3 Å². The van der Waals surface area contributed by atoms with Crippen molar-refractivity contribution in [2.24, 2.45) is 11.8 Å². The molecule has 25 heavy (non-hydrogen) atoms. The first-order valence-corrected chi connectivity index (χ1v) is 9.98. The minimum absolute atomic E-state index is 0.215. The Balaban J connectivity index is 0.000000231. The number of rotatable bonds is 3. The zero-order chi connectivity index (χ0) is 18.2. The number of halogens is 1.